The summed E-state index contributed by atoms with van der Waals surface area (Å²) in [4.78, 5) is 9.14. The average Bonchev–Trinajstić information content (AvgIpc) is 2.90. The van der Waals surface area contributed by atoms with E-state index in [1.807, 2.05) is 0 Å². The molecule has 5 nitrogen and oxygen atoms in total. The lowest BCUT2D eigenvalue weighted by Crippen LogP contribution is -2.49. The van der Waals surface area contributed by atoms with Gasteiger partial charge in [0, 0.05) is 44.1 Å². The van der Waals surface area contributed by atoms with Crippen molar-refractivity contribution < 1.29 is 0 Å². The third kappa shape index (κ3) is 3.43. The molecule has 6 heteroatoms. The number of piperazine rings is 1. The molecule has 2 heterocycles. The lowest BCUT2D eigenvalue weighted by molar-refractivity contribution is 0.216. The van der Waals surface area contributed by atoms with Gasteiger partial charge in [-0.1, -0.05) is 13.8 Å². The molecule has 1 unspecified atom stereocenters. The van der Waals surface area contributed by atoms with Crippen LogP contribution >= 0.6 is 11.5 Å². The van der Waals surface area contributed by atoms with E-state index in [1.54, 1.807) is 0 Å². The van der Waals surface area contributed by atoms with Gasteiger partial charge in [0.1, 0.15) is 5.82 Å². The Bertz CT molecular complexity index is 430. The summed E-state index contributed by atoms with van der Waals surface area (Å²) in [7, 11) is 0. The van der Waals surface area contributed by atoms with E-state index in [1.165, 1.54) is 11.5 Å². The molecule has 104 valence electrons. The molecule has 0 bridgehead atoms. The molecule has 0 aromatic carbocycles. The van der Waals surface area contributed by atoms with E-state index in [2.05, 4.69) is 39.1 Å². The minimum atomic E-state index is 0.0622. The van der Waals surface area contributed by atoms with E-state index in [-0.39, 0.29) is 6.04 Å². The first-order chi connectivity index (χ1) is 9.28. The van der Waals surface area contributed by atoms with Gasteiger partial charge in [0.2, 0.25) is 5.13 Å². The summed E-state index contributed by atoms with van der Waals surface area (Å²) in [6, 6.07) is 2.44. The molecule has 0 spiro atoms. The molecule has 0 saturated carbocycles. The monoisotopic (exact) mass is 279 g/mol. The summed E-state index contributed by atoms with van der Waals surface area (Å²) >= 11 is 1.50. The molecule has 1 fully saturated rings. The molecule has 0 amide bonds. The molecule has 0 radical (unpaired) electrons. The zero-order chi connectivity index (χ0) is 13.7. The fraction of sp³-hybridized carbons (Fsp3) is 0.769. The number of rotatable bonds is 5. The van der Waals surface area contributed by atoms with Crippen LogP contribution in [0.4, 0.5) is 5.13 Å². The smallest absolute Gasteiger partial charge is 0.205 e. The van der Waals surface area contributed by atoms with Gasteiger partial charge in [-0.15, -0.1) is 0 Å². The second kappa shape index (κ2) is 6.83. The highest BCUT2D eigenvalue weighted by Gasteiger charge is 2.24. The minimum Gasteiger partial charge on any atom is -0.344 e. The molecular weight excluding hydrogens is 258 g/mol. The Balaban J connectivity index is 1.90. The third-order valence-corrected chi connectivity index (χ3v) is 4.31. The van der Waals surface area contributed by atoms with Gasteiger partial charge in [-0.25, -0.2) is 4.98 Å². The maximum absolute atomic E-state index is 9.10. The Morgan fingerprint density at radius 2 is 2.05 bits per heavy atom. The van der Waals surface area contributed by atoms with Crippen molar-refractivity contribution in [3.63, 3.8) is 0 Å². The summed E-state index contributed by atoms with van der Waals surface area (Å²) in [5.74, 6) is 0.966. The van der Waals surface area contributed by atoms with Crippen molar-refractivity contribution in [3.8, 4) is 6.07 Å². The predicted octanol–water partition coefficient (Wildman–Crippen LogP) is 1.91. The van der Waals surface area contributed by atoms with Gasteiger partial charge >= 0.3 is 0 Å². The number of aromatic nitrogens is 2. The topological polar surface area (TPSA) is 56.1 Å². The van der Waals surface area contributed by atoms with Gasteiger partial charge in [0.05, 0.1) is 12.1 Å². The Morgan fingerprint density at radius 3 is 2.63 bits per heavy atom. The van der Waals surface area contributed by atoms with Crippen LogP contribution in [0.3, 0.4) is 0 Å². The maximum Gasteiger partial charge on any atom is 0.205 e. The Kier molecular flexibility index (Phi) is 5.11. The van der Waals surface area contributed by atoms with E-state index in [9.17, 15) is 0 Å². The van der Waals surface area contributed by atoms with Crippen LogP contribution in [0.1, 0.15) is 32.5 Å². The van der Waals surface area contributed by atoms with Crippen LogP contribution in [0.5, 0.6) is 0 Å². The van der Waals surface area contributed by atoms with Gasteiger partial charge < -0.3 is 4.90 Å². The molecule has 1 aliphatic rings. The Hall–Kier alpha value is -1.19. The molecule has 1 aliphatic heterocycles. The SMILES string of the molecule is CCCc1nsc(N2CCN(C(C#N)CC)CC2)n1. The Morgan fingerprint density at radius 1 is 1.32 bits per heavy atom. The van der Waals surface area contributed by atoms with Gasteiger partial charge in [-0.3, -0.25) is 4.90 Å². The maximum atomic E-state index is 9.10. The van der Waals surface area contributed by atoms with Crippen LogP contribution in [-0.4, -0.2) is 46.5 Å². The highest BCUT2D eigenvalue weighted by molar-refractivity contribution is 7.09. The second-order valence-corrected chi connectivity index (χ2v) is 5.55. The van der Waals surface area contributed by atoms with Crippen LogP contribution in [0, 0.1) is 11.3 Å². The van der Waals surface area contributed by atoms with Crippen LogP contribution in [0.25, 0.3) is 0 Å². The van der Waals surface area contributed by atoms with Crippen molar-refractivity contribution in [2.24, 2.45) is 0 Å². The first-order valence-corrected chi connectivity index (χ1v) is 7.77. The zero-order valence-electron chi connectivity index (χ0n) is 11.7. The van der Waals surface area contributed by atoms with Crippen molar-refractivity contribution >= 4 is 16.7 Å². The fourth-order valence-electron chi connectivity index (χ4n) is 2.35. The number of anilines is 1. The standard InChI is InChI=1S/C13H21N5S/c1-3-5-12-15-13(19-16-12)18-8-6-17(7-9-18)11(4-2)10-14/h11H,3-9H2,1-2H3. The van der Waals surface area contributed by atoms with Crippen molar-refractivity contribution in [3.05, 3.63) is 5.82 Å². The molecule has 0 aliphatic carbocycles. The summed E-state index contributed by atoms with van der Waals surface area (Å²) in [6.07, 6.45) is 2.95. The van der Waals surface area contributed by atoms with Crippen molar-refractivity contribution in [1.82, 2.24) is 14.3 Å². The van der Waals surface area contributed by atoms with Gasteiger partial charge in [0.25, 0.3) is 0 Å². The van der Waals surface area contributed by atoms with E-state index < -0.39 is 0 Å². The average molecular weight is 279 g/mol. The quantitative estimate of drug-likeness (QED) is 0.824. The van der Waals surface area contributed by atoms with E-state index >= 15 is 0 Å². The molecule has 2 rings (SSSR count). The van der Waals surface area contributed by atoms with Crippen LogP contribution < -0.4 is 4.90 Å². The normalized spacial score (nSPS) is 18.3. The third-order valence-electron chi connectivity index (χ3n) is 3.49. The molecule has 0 N–H and O–H groups in total. The largest absolute Gasteiger partial charge is 0.344 e. The van der Waals surface area contributed by atoms with Crippen LogP contribution in [0.2, 0.25) is 0 Å². The lowest BCUT2D eigenvalue weighted by atomic mass is 10.2. The first-order valence-electron chi connectivity index (χ1n) is 6.99. The molecule has 1 atom stereocenters. The summed E-state index contributed by atoms with van der Waals surface area (Å²) in [5, 5.41) is 10.1. The highest BCUT2D eigenvalue weighted by atomic mass is 32.1. The number of aryl methyl sites for hydroxylation is 1. The van der Waals surface area contributed by atoms with Crippen molar-refractivity contribution in [2.45, 2.75) is 39.2 Å². The predicted molar refractivity (Wildman–Crippen MR) is 77.4 cm³/mol. The van der Waals surface area contributed by atoms with E-state index in [0.717, 1.165) is 56.4 Å². The van der Waals surface area contributed by atoms with Crippen LogP contribution in [0.15, 0.2) is 0 Å². The van der Waals surface area contributed by atoms with E-state index in [4.69, 9.17) is 5.26 Å². The molecule has 1 aromatic rings. The summed E-state index contributed by atoms with van der Waals surface area (Å²) < 4.78 is 4.39. The van der Waals surface area contributed by atoms with Crippen molar-refractivity contribution in [2.75, 3.05) is 31.1 Å². The van der Waals surface area contributed by atoms with Gasteiger partial charge in [-0.05, 0) is 12.8 Å². The summed E-state index contributed by atoms with van der Waals surface area (Å²) in [6.45, 7) is 7.98. The fourth-order valence-corrected chi connectivity index (χ4v) is 3.12. The Labute approximate surface area is 119 Å². The number of nitrogens with zero attached hydrogens (tertiary/aromatic N) is 5. The van der Waals surface area contributed by atoms with Crippen LogP contribution in [-0.2, 0) is 6.42 Å². The summed E-state index contributed by atoms with van der Waals surface area (Å²) in [5.41, 5.74) is 0. The number of hydrogen-bond donors (Lipinski definition) is 0. The van der Waals surface area contributed by atoms with Crippen molar-refractivity contribution in [1.29, 1.82) is 5.26 Å². The molecule has 1 saturated heterocycles. The first kappa shape index (κ1) is 14.2. The minimum absolute atomic E-state index is 0.0622. The van der Waals surface area contributed by atoms with Gasteiger partial charge in [-0.2, -0.15) is 9.64 Å². The van der Waals surface area contributed by atoms with Gasteiger partial charge in [0.15, 0.2) is 0 Å². The zero-order valence-corrected chi connectivity index (χ0v) is 12.5. The molecule has 1 aromatic heterocycles. The van der Waals surface area contributed by atoms with E-state index in [0.29, 0.717) is 0 Å². The second-order valence-electron chi connectivity index (χ2n) is 4.82. The number of hydrogen-bond acceptors (Lipinski definition) is 6. The lowest BCUT2D eigenvalue weighted by Gasteiger charge is -2.36. The molecular formula is C13H21N5S. The number of nitriles is 1. The molecule has 19 heavy (non-hydrogen) atoms. The highest BCUT2D eigenvalue weighted by Crippen LogP contribution is 2.20.